The third-order valence-corrected chi connectivity index (χ3v) is 7.22. The summed E-state index contributed by atoms with van der Waals surface area (Å²) in [5, 5.41) is 0. The van der Waals surface area contributed by atoms with Crippen LogP contribution >= 0.6 is 0 Å². The van der Waals surface area contributed by atoms with E-state index in [9.17, 15) is 4.39 Å². The van der Waals surface area contributed by atoms with Gasteiger partial charge in [-0.3, -0.25) is 4.90 Å². The number of nitrogens with zero attached hydrogens (tertiary/aromatic N) is 3. The molecule has 2 aliphatic heterocycles. The highest BCUT2D eigenvalue weighted by molar-refractivity contribution is 5.45. The zero-order valence-electron chi connectivity index (χ0n) is 20.1. The molecule has 0 radical (unpaired) electrons. The molecule has 5 heteroatoms. The molecule has 0 bridgehead atoms. The van der Waals surface area contributed by atoms with Crippen molar-refractivity contribution < 1.29 is 9.13 Å². The summed E-state index contributed by atoms with van der Waals surface area (Å²) in [5.74, 6) is -0.205. The Labute approximate surface area is 193 Å². The molecule has 1 fully saturated rings. The van der Waals surface area contributed by atoms with Crippen LogP contribution in [0.4, 0.5) is 4.39 Å². The number of halogens is 1. The number of ether oxygens (including phenoxy) is 1. The molecule has 2 heterocycles. The van der Waals surface area contributed by atoms with Crippen LogP contribution in [0.2, 0.25) is 0 Å². The molecular weight excluding hydrogens is 401 g/mol. The summed E-state index contributed by atoms with van der Waals surface area (Å²) in [6.45, 7) is 4.92. The molecule has 0 aliphatic carbocycles. The van der Waals surface area contributed by atoms with Crippen molar-refractivity contribution in [2.45, 2.75) is 50.5 Å². The monoisotopic (exact) mass is 439 g/mol. The third-order valence-electron chi connectivity index (χ3n) is 7.22. The summed E-state index contributed by atoms with van der Waals surface area (Å²) in [6, 6.07) is 14.5. The van der Waals surface area contributed by atoms with E-state index in [4.69, 9.17) is 4.74 Å². The predicted octanol–water partition coefficient (Wildman–Crippen LogP) is 4.47. The van der Waals surface area contributed by atoms with E-state index in [0.29, 0.717) is 12.6 Å². The highest BCUT2D eigenvalue weighted by Crippen LogP contribution is 2.45. The van der Waals surface area contributed by atoms with Gasteiger partial charge in [-0.05, 0) is 108 Å². The molecule has 174 valence electrons. The normalized spacial score (nSPS) is 22.1. The van der Waals surface area contributed by atoms with Crippen LogP contribution in [0.5, 0.6) is 0 Å². The Morgan fingerprint density at radius 3 is 2.41 bits per heavy atom. The Kier molecular flexibility index (Phi) is 7.30. The molecule has 4 rings (SSSR count). The number of hydrogen-bond acceptors (Lipinski definition) is 4. The Morgan fingerprint density at radius 2 is 1.75 bits per heavy atom. The number of piperidine rings is 1. The van der Waals surface area contributed by atoms with Gasteiger partial charge >= 0.3 is 0 Å². The Hall–Kier alpha value is -1.79. The quantitative estimate of drug-likeness (QED) is 0.604. The summed E-state index contributed by atoms with van der Waals surface area (Å²) >= 11 is 0. The zero-order chi connectivity index (χ0) is 22.7. The molecule has 4 nitrogen and oxygen atoms in total. The highest BCUT2D eigenvalue weighted by Gasteiger charge is 2.41. The van der Waals surface area contributed by atoms with Crippen molar-refractivity contribution in [3.8, 4) is 0 Å². The molecule has 2 aromatic carbocycles. The highest BCUT2D eigenvalue weighted by atomic mass is 19.1. The Bertz CT molecular complexity index is 890. The number of hydrogen-bond donors (Lipinski definition) is 0. The van der Waals surface area contributed by atoms with E-state index in [1.807, 2.05) is 12.1 Å². The van der Waals surface area contributed by atoms with Crippen LogP contribution in [-0.4, -0.2) is 68.6 Å². The second-order valence-corrected chi connectivity index (χ2v) is 9.99. The van der Waals surface area contributed by atoms with E-state index < -0.39 is 5.60 Å². The molecule has 0 N–H and O–H groups in total. The van der Waals surface area contributed by atoms with Gasteiger partial charge in [0.05, 0.1) is 6.61 Å². The Morgan fingerprint density at radius 1 is 1.03 bits per heavy atom. The first kappa shape index (κ1) is 23.4. The lowest BCUT2D eigenvalue weighted by Gasteiger charge is -2.35. The summed E-state index contributed by atoms with van der Waals surface area (Å²) in [4.78, 5) is 7.13. The van der Waals surface area contributed by atoms with Gasteiger partial charge in [-0.25, -0.2) is 4.39 Å². The second-order valence-electron chi connectivity index (χ2n) is 9.99. The van der Waals surface area contributed by atoms with Crippen molar-refractivity contribution in [3.05, 3.63) is 70.5 Å². The molecule has 1 atom stereocenters. The van der Waals surface area contributed by atoms with Crippen LogP contribution in [0.15, 0.2) is 42.5 Å². The zero-order valence-corrected chi connectivity index (χ0v) is 20.1. The average molecular weight is 440 g/mol. The van der Waals surface area contributed by atoms with Gasteiger partial charge in [-0.15, -0.1) is 0 Å². The largest absolute Gasteiger partial charge is 0.361 e. The summed E-state index contributed by atoms with van der Waals surface area (Å²) in [6.07, 6.45) is 4.38. The van der Waals surface area contributed by atoms with Crippen molar-refractivity contribution in [2.75, 3.05) is 47.8 Å². The minimum absolute atomic E-state index is 0.205. The van der Waals surface area contributed by atoms with Crippen LogP contribution in [0.3, 0.4) is 0 Å². The lowest BCUT2D eigenvalue weighted by molar-refractivity contribution is -0.0140. The number of rotatable bonds is 8. The minimum Gasteiger partial charge on any atom is -0.361 e. The van der Waals surface area contributed by atoms with Gasteiger partial charge in [0.1, 0.15) is 11.4 Å². The summed E-state index contributed by atoms with van der Waals surface area (Å²) in [5.41, 5.74) is 4.45. The maximum absolute atomic E-state index is 13.6. The summed E-state index contributed by atoms with van der Waals surface area (Å²) < 4.78 is 20.2. The van der Waals surface area contributed by atoms with Crippen LogP contribution < -0.4 is 0 Å². The van der Waals surface area contributed by atoms with Crippen molar-refractivity contribution in [3.63, 3.8) is 0 Å². The lowest BCUT2D eigenvalue weighted by atomic mass is 9.81. The smallest absolute Gasteiger partial charge is 0.123 e. The van der Waals surface area contributed by atoms with E-state index in [1.165, 1.54) is 29.5 Å². The molecule has 2 aliphatic rings. The van der Waals surface area contributed by atoms with E-state index in [-0.39, 0.29) is 5.82 Å². The van der Waals surface area contributed by atoms with Gasteiger partial charge in [0.2, 0.25) is 0 Å². The van der Waals surface area contributed by atoms with E-state index >= 15 is 0 Å². The van der Waals surface area contributed by atoms with E-state index in [0.717, 1.165) is 44.6 Å². The van der Waals surface area contributed by atoms with E-state index in [1.54, 1.807) is 12.1 Å². The molecular formula is C27H38FN3O. The maximum atomic E-state index is 13.6. The van der Waals surface area contributed by atoms with Gasteiger partial charge in [-0.1, -0.05) is 30.3 Å². The Balaban J connectivity index is 1.53. The molecule has 0 amide bonds. The molecule has 0 saturated carbocycles. The van der Waals surface area contributed by atoms with Crippen LogP contribution in [0.25, 0.3) is 0 Å². The standard InChI is InChI=1S/C27H38FN3O/c1-29(2)15-5-14-27(23-7-9-24(28)10-8-23)26-11-6-21(18-22(26)20-32-27)19-31-16-12-25(13-17-31)30(3)4/h6-11,18,25H,5,12-17,19-20H2,1-4H3. The van der Waals surface area contributed by atoms with Crippen molar-refractivity contribution in [1.82, 2.24) is 14.7 Å². The van der Waals surface area contributed by atoms with Crippen molar-refractivity contribution >= 4 is 0 Å². The molecule has 32 heavy (non-hydrogen) atoms. The molecule has 0 spiro atoms. The van der Waals surface area contributed by atoms with Crippen molar-refractivity contribution in [1.29, 1.82) is 0 Å². The van der Waals surface area contributed by atoms with E-state index in [2.05, 4.69) is 61.1 Å². The maximum Gasteiger partial charge on any atom is 0.123 e. The first-order valence-electron chi connectivity index (χ1n) is 11.9. The SMILES string of the molecule is CN(C)CCCC1(c2ccc(F)cc2)OCc2cc(CN3CCC(N(C)C)CC3)ccc21. The van der Waals surface area contributed by atoms with Gasteiger partial charge in [0, 0.05) is 12.6 Å². The molecule has 2 aromatic rings. The van der Waals surface area contributed by atoms with Gasteiger partial charge in [-0.2, -0.15) is 0 Å². The fourth-order valence-electron chi connectivity index (χ4n) is 5.34. The molecule has 1 saturated heterocycles. The number of benzene rings is 2. The van der Waals surface area contributed by atoms with Crippen LogP contribution in [0, 0.1) is 5.82 Å². The van der Waals surface area contributed by atoms with Crippen molar-refractivity contribution in [2.24, 2.45) is 0 Å². The number of likely N-dealkylation sites (tertiary alicyclic amines) is 1. The van der Waals surface area contributed by atoms with Gasteiger partial charge in [0.15, 0.2) is 0 Å². The molecule has 1 unspecified atom stereocenters. The molecule has 0 aromatic heterocycles. The number of fused-ring (bicyclic) bond motifs is 1. The fourth-order valence-corrected chi connectivity index (χ4v) is 5.34. The minimum atomic E-state index is -0.484. The topological polar surface area (TPSA) is 19.0 Å². The second kappa shape index (κ2) is 10.0. The summed E-state index contributed by atoms with van der Waals surface area (Å²) in [7, 11) is 8.57. The lowest BCUT2D eigenvalue weighted by Crippen LogP contribution is -2.41. The van der Waals surface area contributed by atoms with Gasteiger partial charge < -0.3 is 14.5 Å². The first-order chi connectivity index (χ1) is 15.4. The fraction of sp³-hybridized carbons (Fsp3) is 0.556. The third kappa shape index (κ3) is 5.07. The average Bonchev–Trinajstić information content (AvgIpc) is 3.13. The van der Waals surface area contributed by atoms with Crippen LogP contribution in [-0.2, 0) is 23.5 Å². The van der Waals surface area contributed by atoms with Crippen LogP contribution in [0.1, 0.15) is 47.9 Å². The first-order valence-corrected chi connectivity index (χ1v) is 11.9. The predicted molar refractivity (Wildman–Crippen MR) is 128 cm³/mol. The van der Waals surface area contributed by atoms with Gasteiger partial charge in [0.25, 0.3) is 0 Å².